The van der Waals surface area contributed by atoms with Gasteiger partial charge in [0.2, 0.25) is 10.0 Å². The Bertz CT molecular complexity index is 493. The van der Waals surface area contributed by atoms with Gasteiger partial charge in [0.25, 0.3) is 0 Å². The van der Waals surface area contributed by atoms with Crippen molar-refractivity contribution in [1.29, 1.82) is 0 Å². The van der Waals surface area contributed by atoms with Gasteiger partial charge in [-0.2, -0.15) is 4.31 Å². The molecule has 1 saturated carbocycles. The Hall–Kier alpha value is -0.860. The quantitative estimate of drug-likeness (QED) is 0.561. The molecule has 2 N–H and O–H groups in total. The molecule has 2 unspecified atom stereocenters. The van der Waals surface area contributed by atoms with Crippen LogP contribution in [0.5, 0.6) is 0 Å². The summed E-state index contributed by atoms with van der Waals surface area (Å²) in [5.74, 6) is 0.758. The van der Waals surface area contributed by atoms with Crippen molar-refractivity contribution in [3.63, 3.8) is 0 Å². The van der Waals surface area contributed by atoms with Gasteiger partial charge in [0.05, 0.1) is 18.0 Å². The summed E-state index contributed by atoms with van der Waals surface area (Å²) in [6, 6.07) is 0.457. The first-order valence-corrected chi connectivity index (χ1v) is 10.1. The van der Waals surface area contributed by atoms with Crippen LogP contribution < -0.4 is 10.6 Å². The van der Waals surface area contributed by atoms with E-state index in [9.17, 15) is 8.42 Å². The van der Waals surface area contributed by atoms with Gasteiger partial charge >= 0.3 is 0 Å². The summed E-state index contributed by atoms with van der Waals surface area (Å²) < 4.78 is 32.1. The Kier molecular flexibility index (Phi) is 6.67. The fourth-order valence-corrected chi connectivity index (χ4v) is 4.74. The third-order valence-electron chi connectivity index (χ3n) is 4.35. The second kappa shape index (κ2) is 8.30. The fourth-order valence-electron chi connectivity index (χ4n) is 3.24. The van der Waals surface area contributed by atoms with Crippen LogP contribution in [0.25, 0.3) is 0 Å². The van der Waals surface area contributed by atoms with E-state index in [0.29, 0.717) is 31.6 Å². The number of hydrogen-bond acceptors (Lipinski definition) is 4. The van der Waals surface area contributed by atoms with Crippen molar-refractivity contribution >= 4 is 16.0 Å². The Balaban J connectivity index is 1.79. The zero-order valence-electron chi connectivity index (χ0n) is 14.4. The molecule has 1 heterocycles. The number of nitrogens with zero attached hydrogens (tertiary/aromatic N) is 2. The molecule has 2 rings (SSSR count). The molecule has 0 aromatic carbocycles. The van der Waals surface area contributed by atoms with E-state index in [1.807, 2.05) is 13.8 Å². The van der Waals surface area contributed by atoms with E-state index in [-0.39, 0.29) is 18.0 Å². The number of aliphatic imine (C=N–C) groups is 1. The number of ether oxygens (including phenoxy) is 1. The van der Waals surface area contributed by atoms with Gasteiger partial charge < -0.3 is 15.4 Å². The summed E-state index contributed by atoms with van der Waals surface area (Å²) in [5, 5.41) is 6.47. The van der Waals surface area contributed by atoms with Crippen molar-refractivity contribution in [3.05, 3.63) is 0 Å². The first-order chi connectivity index (χ1) is 10.9. The van der Waals surface area contributed by atoms with E-state index in [2.05, 4.69) is 15.6 Å². The van der Waals surface area contributed by atoms with Gasteiger partial charge in [-0.25, -0.2) is 8.42 Å². The molecule has 134 valence electrons. The summed E-state index contributed by atoms with van der Waals surface area (Å²) in [6.07, 6.45) is 4.69. The average molecular weight is 346 g/mol. The van der Waals surface area contributed by atoms with Gasteiger partial charge in [-0.15, -0.1) is 0 Å². The maximum Gasteiger partial charge on any atom is 0.216 e. The van der Waals surface area contributed by atoms with Crippen molar-refractivity contribution in [3.8, 4) is 0 Å². The number of hydrogen-bond donors (Lipinski definition) is 2. The molecule has 0 spiro atoms. The van der Waals surface area contributed by atoms with Gasteiger partial charge in [-0.3, -0.25) is 4.99 Å². The van der Waals surface area contributed by atoms with Gasteiger partial charge in [-0.05, 0) is 26.7 Å². The zero-order chi connectivity index (χ0) is 16.9. The second-order valence-electron chi connectivity index (χ2n) is 6.52. The van der Waals surface area contributed by atoms with Crippen LogP contribution in [-0.2, 0) is 14.8 Å². The molecular weight excluding hydrogens is 316 g/mol. The van der Waals surface area contributed by atoms with Crippen LogP contribution >= 0.6 is 0 Å². The maximum absolute atomic E-state index is 12.5. The Morgan fingerprint density at radius 2 is 1.83 bits per heavy atom. The standard InChI is InChI=1S/C15H30N4O3S/c1-12-10-19(11-13(2)22-12)23(20,21)9-8-17-15(16-3)18-14-6-4-5-7-14/h12-14H,4-11H2,1-3H3,(H2,16,17,18). The van der Waals surface area contributed by atoms with Crippen LogP contribution in [0.4, 0.5) is 0 Å². The largest absolute Gasteiger partial charge is 0.373 e. The number of rotatable bonds is 5. The van der Waals surface area contributed by atoms with Crippen molar-refractivity contribution in [2.24, 2.45) is 4.99 Å². The smallest absolute Gasteiger partial charge is 0.216 e. The van der Waals surface area contributed by atoms with Crippen molar-refractivity contribution < 1.29 is 13.2 Å². The average Bonchev–Trinajstić information content (AvgIpc) is 2.98. The summed E-state index contributed by atoms with van der Waals surface area (Å²) in [5.41, 5.74) is 0. The van der Waals surface area contributed by atoms with Gasteiger partial charge in [-0.1, -0.05) is 12.8 Å². The third-order valence-corrected chi connectivity index (χ3v) is 6.16. The molecule has 2 aliphatic rings. The maximum atomic E-state index is 12.5. The molecule has 0 aromatic heterocycles. The summed E-state index contributed by atoms with van der Waals surface area (Å²) in [7, 11) is -1.56. The first kappa shape index (κ1) is 18.5. The molecule has 1 aliphatic heterocycles. The van der Waals surface area contributed by atoms with Crippen molar-refractivity contribution in [2.75, 3.05) is 32.4 Å². The predicted molar refractivity (Wildman–Crippen MR) is 92.1 cm³/mol. The first-order valence-electron chi connectivity index (χ1n) is 8.51. The Morgan fingerprint density at radius 1 is 1.22 bits per heavy atom. The van der Waals surface area contributed by atoms with Crippen LogP contribution in [0.15, 0.2) is 4.99 Å². The van der Waals surface area contributed by atoms with Gasteiger partial charge in [0.15, 0.2) is 5.96 Å². The van der Waals surface area contributed by atoms with E-state index in [1.165, 1.54) is 12.8 Å². The van der Waals surface area contributed by atoms with Crippen molar-refractivity contribution in [1.82, 2.24) is 14.9 Å². The molecule has 8 heteroatoms. The number of sulfonamides is 1. The number of nitrogens with one attached hydrogen (secondary N) is 2. The normalized spacial score (nSPS) is 28.0. The van der Waals surface area contributed by atoms with Crippen molar-refractivity contribution in [2.45, 2.75) is 57.8 Å². The van der Waals surface area contributed by atoms with Crippen LogP contribution in [0.2, 0.25) is 0 Å². The highest BCUT2D eigenvalue weighted by Crippen LogP contribution is 2.17. The fraction of sp³-hybridized carbons (Fsp3) is 0.933. The minimum absolute atomic E-state index is 0.0571. The molecule has 2 atom stereocenters. The molecule has 1 saturated heterocycles. The van der Waals surface area contributed by atoms with Crippen LogP contribution in [0.1, 0.15) is 39.5 Å². The lowest BCUT2D eigenvalue weighted by Crippen LogP contribution is -2.50. The van der Waals surface area contributed by atoms with E-state index in [4.69, 9.17) is 4.74 Å². The van der Waals surface area contributed by atoms with Crippen LogP contribution in [0.3, 0.4) is 0 Å². The zero-order valence-corrected chi connectivity index (χ0v) is 15.2. The van der Waals surface area contributed by atoms with E-state index < -0.39 is 10.0 Å². The number of morpholine rings is 1. The molecule has 0 amide bonds. The molecule has 23 heavy (non-hydrogen) atoms. The highest BCUT2D eigenvalue weighted by atomic mass is 32.2. The predicted octanol–water partition coefficient (Wildman–Crippen LogP) is 0.533. The summed E-state index contributed by atoms with van der Waals surface area (Å²) in [6.45, 7) is 5.03. The monoisotopic (exact) mass is 346 g/mol. The summed E-state index contributed by atoms with van der Waals surface area (Å²) in [4.78, 5) is 4.17. The Morgan fingerprint density at radius 3 is 2.39 bits per heavy atom. The van der Waals surface area contributed by atoms with Gasteiger partial charge in [0, 0.05) is 32.7 Å². The topological polar surface area (TPSA) is 83.0 Å². The molecule has 7 nitrogen and oxygen atoms in total. The highest BCUT2D eigenvalue weighted by Gasteiger charge is 2.30. The second-order valence-corrected chi connectivity index (χ2v) is 8.60. The van der Waals surface area contributed by atoms with E-state index in [1.54, 1.807) is 11.4 Å². The van der Waals surface area contributed by atoms with Crippen LogP contribution in [0, 0.1) is 0 Å². The highest BCUT2D eigenvalue weighted by molar-refractivity contribution is 7.89. The lowest BCUT2D eigenvalue weighted by molar-refractivity contribution is -0.0440. The van der Waals surface area contributed by atoms with Gasteiger partial charge in [0.1, 0.15) is 0 Å². The number of guanidine groups is 1. The molecule has 0 bridgehead atoms. The minimum Gasteiger partial charge on any atom is -0.373 e. The van der Waals surface area contributed by atoms with E-state index >= 15 is 0 Å². The van der Waals surface area contributed by atoms with Crippen LogP contribution in [-0.4, -0.2) is 69.4 Å². The SMILES string of the molecule is CN=C(NCCS(=O)(=O)N1CC(C)OC(C)C1)NC1CCCC1. The molecular formula is C15H30N4O3S. The molecule has 0 aromatic rings. The van der Waals surface area contributed by atoms with E-state index in [0.717, 1.165) is 12.8 Å². The lowest BCUT2D eigenvalue weighted by Gasteiger charge is -2.34. The lowest BCUT2D eigenvalue weighted by atomic mass is 10.2. The summed E-state index contributed by atoms with van der Waals surface area (Å²) >= 11 is 0. The third kappa shape index (κ3) is 5.61. The Labute approximate surface area is 139 Å². The minimum atomic E-state index is -3.27. The molecule has 0 radical (unpaired) electrons. The molecule has 2 fully saturated rings. The molecule has 1 aliphatic carbocycles.